The Morgan fingerprint density at radius 2 is 1.69 bits per heavy atom. The van der Waals surface area contributed by atoms with Crippen LogP contribution in [0.5, 0.6) is 5.88 Å². The number of pyridine rings is 1. The number of methoxy groups -OCH3 is 3. The van der Waals surface area contributed by atoms with Gasteiger partial charge in [-0.2, -0.15) is 18.2 Å². The summed E-state index contributed by atoms with van der Waals surface area (Å²) in [6, 6.07) is 10.7. The van der Waals surface area contributed by atoms with Crippen LogP contribution in [0.25, 0.3) is 21.8 Å². The molecule has 4 rings (SSSR count). The number of oxime groups is 1. The van der Waals surface area contributed by atoms with E-state index >= 15 is 0 Å². The molecular formula is C26H29F3N3O6S+. The van der Waals surface area contributed by atoms with Crippen molar-refractivity contribution in [3.63, 3.8) is 0 Å². The van der Waals surface area contributed by atoms with Crippen LogP contribution in [0.3, 0.4) is 0 Å². The Bertz CT molecular complexity index is 1220. The Morgan fingerprint density at radius 3 is 2.31 bits per heavy atom. The smallest absolute Gasteiger partial charge is 0.422 e. The van der Waals surface area contributed by atoms with Gasteiger partial charge in [-0.1, -0.05) is 29.4 Å². The van der Waals surface area contributed by atoms with Crippen molar-refractivity contribution < 1.29 is 46.7 Å². The SMILES string of the molecule is CO[C@@H]1[C@@H](OC)[C@H](C)O[C@@H](O/N=C/c2ccc(-c3csc(-c4ccc(OCC(F)(F)F)[nH+]c4)n3)cc2)[C@@H]1OC. The molecule has 1 aromatic carbocycles. The Morgan fingerprint density at radius 1 is 1.00 bits per heavy atom. The molecule has 1 fully saturated rings. The van der Waals surface area contributed by atoms with E-state index in [1.54, 1.807) is 39.8 Å². The third kappa shape index (κ3) is 7.31. The summed E-state index contributed by atoms with van der Waals surface area (Å²) in [5, 5.41) is 6.70. The Hall–Kier alpha value is -3.10. The quantitative estimate of drug-likeness (QED) is 0.265. The molecule has 0 spiro atoms. The normalized spacial score (nSPS) is 23.7. The van der Waals surface area contributed by atoms with Crippen molar-refractivity contribution >= 4 is 17.6 Å². The summed E-state index contributed by atoms with van der Waals surface area (Å²) in [4.78, 5) is 13.0. The Labute approximate surface area is 227 Å². The summed E-state index contributed by atoms with van der Waals surface area (Å²) in [6.45, 7) is 0.510. The largest absolute Gasteiger partial charge is 0.435 e. The number of H-pyrrole nitrogens is 1. The van der Waals surface area contributed by atoms with Crippen LogP contribution in [0.4, 0.5) is 13.2 Å². The number of ether oxygens (including phenoxy) is 5. The first-order valence-electron chi connectivity index (χ1n) is 11.9. The standard InChI is InChI=1S/C26H28F3N3O6S/c1-15-21(33-2)22(34-3)23(35-4)25(37-15)38-31-11-16-5-7-17(8-6-16)19-13-39-24(32-19)18-9-10-20(30-12-18)36-14-26(27,28)29/h5-13,15,21-23,25H,14H2,1-4H3/p+1/b31-11+/t15-,21-,22+,23+,25-/m0/s1. The fourth-order valence-corrected chi connectivity index (χ4v) is 4.95. The molecule has 0 radical (unpaired) electrons. The Balaban J connectivity index is 1.36. The van der Waals surface area contributed by atoms with E-state index in [1.807, 2.05) is 36.6 Å². The average molecular weight is 569 g/mol. The first-order valence-corrected chi connectivity index (χ1v) is 12.8. The van der Waals surface area contributed by atoms with Gasteiger partial charge in [0.15, 0.2) is 18.9 Å². The lowest BCUT2D eigenvalue weighted by atomic mass is 9.99. The minimum atomic E-state index is -4.40. The van der Waals surface area contributed by atoms with Gasteiger partial charge in [-0.25, -0.2) is 4.98 Å². The van der Waals surface area contributed by atoms with Gasteiger partial charge in [0.1, 0.15) is 17.2 Å². The molecule has 5 atom stereocenters. The predicted molar refractivity (Wildman–Crippen MR) is 136 cm³/mol. The maximum absolute atomic E-state index is 12.3. The van der Waals surface area contributed by atoms with E-state index < -0.39 is 25.2 Å². The molecule has 1 aliphatic rings. The van der Waals surface area contributed by atoms with Crippen LogP contribution >= 0.6 is 11.3 Å². The molecule has 1 aliphatic heterocycles. The second-order valence-corrected chi connectivity index (χ2v) is 9.51. The molecule has 1 saturated heterocycles. The molecule has 3 heterocycles. The minimum Gasteiger partial charge on any atom is -0.435 e. The van der Waals surface area contributed by atoms with Crippen molar-refractivity contribution in [1.82, 2.24) is 4.98 Å². The van der Waals surface area contributed by atoms with Crippen LogP contribution in [-0.2, 0) is 23.8 Å². The molecule has 39 heavy (non-hydrogen) atoms. The van der Waals surface area contributed by atoms with Gasteiger partial charge in [-0.15, -0.1) is 11.3 Å². The van der Waals surface area contributed by atoms with Crippen molar-refractivity contribution in [2.45, 2.75) is 43.8 Å². The summed E-state index contributed by atoms with van der Waals surface area (Å²) in [5.41, 5.74) is 3.18. The molecule has 9 nitrogen and oxygen atoms in total. The van der Waals surface area contributed by atoms with Gasteiger partial charge in [0.25, 0.3) is 6.29 Å². The van der Waals surface area contributed by atoms with E-state index in [0.717, 1.165) is 22.4 Å². The number of thiazole rings is 1. The number of alkyl halides is 3. The van der Waals surface area contributed by atoms with E-state index in [4.69, 9.17) is 28.5 Å². The van der Waals surface area contributed by atoms with Gasteiger partial charge in [-0.05, 0) is 18.6 Å². The summed E-state index contributed by atoms with van der Waals surface area (Å²) in [6.07, 6.45) is -3.55. The van der Waals surface area contributed by atoms with Gasteiger partial charge >= 0.3 is 12.1 Å². The zero-order valence-corrected chi connectivity index (χ0v) is 22.5. The summed E-state index contributed by atoms with van der Waals surface area (Å²) < 4.78 is 64.1. The molecule has 0 aliphatic carbocycles. The fraction of sp³-hybridized carbons (Fsp3) is 0.423. The molecule has 2 aromatic heterocycles. The highest BCUT2D eigenvalue weighted by Crippen LogP contribution is 2.30. The highest BCUT2D eigenvalue weighted by molar-refractivity contribution is 7.13. The first kappa shape index (κ1) is 28.9. The number of hydrogen-bond donors (Lipinski definition) is 0. The second-order valence-electron chi connectivity index (χ2n) is 8.66. The average Bonchev–Trinajstić information content (AvgIpc) is 3.42. The maximum atomic E-state index is 12.3. The van der Waals surface area contributed by atoms with Gasteiger partial charge in [0.05, 0.1) is 29.6 Å². The number of aromatic amines is 1. The van der Waals surface area contributed by atoms with Crippen LogP contribution in [0.1, 0.15) is 12.5 Å². The van der Waals surface area contributed by atoms with Crippen LogP contribution < -0.4 is 9.72 Å². The van der Waals surface area contributed by atoms with E-state index in [9.17, 15) is 13.2 Å². The number of halogens is 3. The molecule has 210 valence electrons. The topological polar surface area (TPSA) is 94.8 Å². The number of nitrogens with one attached hydrogen (secondary N) is 1. The summed E-state index contributed by atoms with van der Waals surface area (Å²) >= 11 is 1.42. The van der Waals surface area contributed by atoms with E-state index in [0.29, 0.717) is 5.01 Å². The third-order valence-electron chi connectivity index (χ3n) is 6.04. The fourth-order valence-electron chi connectivity index (χ4n) is 4.12. The molecule has 0 amide bonds. The van der Waals surface area contributed by atoms with Crippen molar-refractivity contribution in [3.05, 3.63) is 53.5 Å². The summed E-state index contributed by atoms with van der Waals surface area (Å²) in [5.74, 6) is 0.0223. The maximum Gasteiger partial charge on any atom is 0.422 e. The predicted octanol–water partition coefficient (Wildman–Crippen LogP) is 4.37. The van der Waals surface area contributed by atoms with E-state index in [-0.39, 0.29) is 24.2 Å². The minimum absolute atomic E-state index is 0.0223. The van der Waals surface area contributed by atoms with E-state index in [1.165, 1.54) is 17.4 Å². The number of hydrogen-bond acceptors (Lipinski definition) is 9. The number of rotatable bonds is 10. The number of nitrogens with zero attached hydrogens (tertiary/aromatic N) is 2. The van der Waals surface area contributed by atoms with Crippen molar-refractivity contribution in [2.24, 2.45) is 5.16 Å². The van der Waals surface area contributed by atoms with Crippen LogP contribution in [-0.4, -0.2) is 76.0 Å². The molecule has 1 N–H and O–H groups in total. The highest BCUT2D eigenvalue weighted by Gasteiger charge is 2.46. The van der Waals surface area contributed by atoms with Crippen LogP contribution in [0.2, 0.25) is 0 Å². The first-order chi connectivity index (χ1) is 18.7. The number of benzene rings is 1. The molecular weight excluding hydrogens is 539 g/mol. The molecule has 0 saturated carbocycles. The van der Waals surface area contributed by atoms with Crippen molar-refractivity contribution in [3.8, 4) is 27.7 Å². The molecule has 13 heteroatoms. The van der Waals surface area contributed by atoms with Crippen molar-refractivity contribution in [1.29, 1.82) is 0 Å². The zero-order chi connectivity index (χ0) is 28.0. The van der Waals surface area contributed by atoms with E-state index in [2.05, 4.69) is 15.1 Å². The third-order valence-corrected chi connectivity index (χ3v) is 6.93. The lowest BCUT2D eigenvalue weighted by Crippen LogP contribution is -2.59. The summed E-state index contributed by atoms with van der Waals surface area (Å²) in [7, 11) is 4.72. The van der Waals surface area contributed by atoms with Gasteiger partial charge in [0, 0.05) is 32.3 Å². The van der Waals surface area contributed by atoms with Gasteiger partial charge in [0.2, 0.25) is 0 Å². The van der Waals surface area contributed by atoms with Gasteiger partial charge in [-0.3, -0.25) is 0 Å². The lowest BCUT2D eigenvalue weighted by molar-refractivity contribution is -0.397. The highest BCUT2D eigenvalue weighted by atomic mass is 32.1. The zero-order valence-electron chi connectivity index (χ0n) is 21.7. The lowest BCUT2D eigenvalue weighted by Gasteiger charge is -2.42. The molecule has 3 aromatic rings. The van der Waals surface area contributed by atoms with Crippen molar-refractivity contribution in [2.75, 3.05) is 27.9 Å². The van der Waals surface area contributed by atoms with Gasteiger partial charge < -0.3 is 28.5 Å². The van der Waals surface area contributed by atoms with Crippen LogP contribution in [0.15, 0.2) is 53.1 Å². The van der Waals surface area contributed by atoms with Crippen LogP contribution in [0, 0.1) is 0 Å². The Kier molecular flexibility index (Phi) is 9.51. The molecule has 0 bridgehead atoms. The monoisotopic (exact) mass is 568 g/mol. The molecule has 0 unspecified atom stereocenters. The second kappa shape index (κ2) is 12.8. The number of aromatic nitrogens is 2.